The second kappa shape index (κ2) is 8.79. The topological polar surface area (TPSA) is 69.6 Å². The van der Waals surface area contributed by atoms with Gasteiger partial charge in [-0.2, -0.15) is 0 Å². The Morgan fingerprint density at radius 2 is 1.67 bits per heavy atom. The number of hydrogen-bond acceptors (Lipinski definition) is 6. The van der Waals surface area contributed by atoms with Crippen molar-refractivity contribution in [3.63, 3.8) is 0 Å². The van der Waals surface area contributed by atoms with Crippen LogP contribution in [0.5, 0.6) is 0 Å². The minimum absolute atomic E-state index is 0.140. The van der Waals surface area contributed by atoms with E-state index in [1.54, 1.807) is 18.2 Å². The molecule has 8 heteroatoms. The normalized spacial score (nSPS) is 12.4. The molecule has 0 saturated carbocycles. The van der Waals surface area contributed by atoms with Crippen LogP contribution in [0, 0.1) is 11.7 Å². The molecule has 0 aliphatic rings. The highest BCUT2D eigenvalue weighted by atomic mass is 32.2. The van der Waals surface area contributed by atoms with Crippen molar-refractivity contribution in [3.8, 4) is 22.8 Å². The maximum atomic E-state index is 14.4. The van der Waals surface area contributed by atoms with Crippen LogP contribution in [0.25, 0.3) is 22.8 Å². The van der Waals surface area contributed by atoms with Gasteiger partial charge in [-0.15, -0.1) is 20.4 Å². The van der Waals surface area contributed by atoms with Gasteiger partial charge in [0, 0.05) is 12.1 Å². The van der Waals surface area contributed by atoms with Gasteiger partial charge < -0.3 is 8.98 Å². The van der Waals surface area contributed by atoms with Crippen LogP contribution in [0.15, 0.2) is 64.2 Å². The first-order chi connectivity index (χ1) is 14.5. The lowest BCUT2D eigenvalue weighted by Gasteiger charge is -2.14. The third kappa shape index (κ3) is 4.28. The van der Waals surface area contributed by atoms with Gasteiger partial charge in [0.1, 0.15) is 5.82 Å². The van der Waals surface area contributed by atoms with Crippen LogP contribution in [-0.4, -0.2) is 25.0 Å². The average molecular weight is 424 g/mol. The van der Waals surface area contributed by atoms with Gasteiger partial charge in [-0.05, 0) is 37.1 Å². The number of thioether (sulfide) groups is 1. The summed E-state index contributed by atoms with van der Waals surface area (Å²) in [6.07, 6.45) is 0. The van der Waals surface area contributed by atoms with Crippen molar-refractivity contribution in [3.05, 3.63) is 66.3 Å². The summed E-state index contributed by atoms with van der Waals surface area (Å²) in [5.41, 5.74) is 1.31. The van der Waals surface area contributed by atoms with E-state index in [0.717, 1.165) is 5.56 Å². The van der Waals surface area contributed by atoms with Gasteiger partial charge in [-0.1, -0.05) is 55.9 Å². The molecule has 30 heavy (non-hydrogen) atoms. The summed E-state index contributed by atoms with van der Waals surface area (Å²) in [5, 5.41) is 17.5. The molecule has 0 aliphatic carbocycles. The summed E-state index contributed by atoms with van der Waals surface area (Å²) >= 11 is 1.47. The van der Waals surface area contributed by atoms with E-state index in [-0.39, 0.29) is 11.1 Å². The molecule has 4 rings (SSSR count). The van der Waals surface area contributed by atoms with Crippen molar-refractivity contribution in [2.75, 3.05) is 0 Å². The highest BCUT2D eigenvalue weighted by Gasteiger charge is 2.23. The molecule has 0 saturated heterocycles. The Kier molecular flexibility index (Phi) is 5.94. The predicted octanol–water partition coefficient (Wildman–Crippen LogP) is 5.64. The summed E-state index contributed by atoms with van der Waals surface area (Å²) < 4.78 is 22.2. The fraction of sp³-hybridized carbons (Fsp3) is 0.273. The Balaban J connectivity index is 1.61. The predicted molar refractivity (Wildman–Crippen MR) is 114 cm³/mol. The highest BCUT2D eigenvalue weighted by Crippen LogP contribution is 2.36. The van der Waals surface area contributed by atoms with E-state index >= 15 is 0 Å². The zero-order valence-corrected chi connectivity index (χ0v) is 17.8. The third-order valence-electron chi connectivity index (χ3n) is 4.47. The molecule has 0 N–H and O–H groups in total. The number of benzene rings is 2. The Hall–Kier alpha value is -3.00. The summed E-state index contributed by atoms with van der Waals surface area (Å²) in [4.78, 5) is 0. The van der Waals surface area contributed by atoms with Crippen molar-refractivity contribution in [1.82, 2.24) is 25.0 Å². The van der Waals surface area contributed by atoms with E-state index < -0.39 is 0 Å². The van der Waals surface area contributed by atoms with Crippen LogP contribution in [0.3, 0.4) is 0 Å². The maximum Gasteiger partial charge on any atom is 0.247 e. The molecular formula is C22H22FN5OS. The minimum atomic E-state index is -0.316. The molecule has 6 nitrogen and oxygen atoms in total. The number of halogens is 1. The SMILES string of the molecule is CC(C)Cn1c(S[C@@H](C)c2nnc(-c3ccccc3)o2)nnc1-c1ccccc1F. The molecule has 0 fully saturated rings. The molecule has 0 aliphatic heterocycles. The van der Waals surface area contributed by atoms with E-state index in [1.165, 1.54) is 17.8 Å². The van der Waals surface area contributed by atoms with Gasteiger partial charge >= 0.3 is 0 Å². The number of nitrogens with zero attached hydrogens (tertiary/aromatic N) is 5. The van der Waals surface area contributed by atoms with Crippen LogP contribution >= 0.6 is 11.8 Å². The van der Waals surface area contributed by atoms with Crippen molar-refractivity contribution in [2.24, 2.45) is 5.92 Å². The molecule has 4 aromatic rings. The molecule has 0 amide bonds. The van der Waals surface area contributed by atoms with Gasteiger partial charge in [0.15, 0.2) is 11.0 Å². The van der Waals surface area contributed by atoms with E-state index in [4.69, 9.17) is 4.42 Å². The van der Waals surface area contributed by atoms with Crippen molar-refractivity contribution in [1.29, 1.82) is 0 Å². The minimum Gasteiger partial charge on any atom is -0.419 e. The second-order valence-corrected chi connectivity index (χ2v) is 8.67. The van der Waals surface area contributed by atoms with Gasteiger partial charge in [-0.3, -0.25) is 0 Å². The molecule has 1 atom stereocenters. The van der Waals surface area contributed by atoms with Crippen LogP contribution in [0.4, 0.5) is 4.39 Å². The van der Waals surface area contributed by atoms with E-state index in [0.29, 0.717) is 40.8 Å². The largest absolute Gasteiger partial charge is 0.419 e. The van der Waals surface area contributed by atoms with Crippen LogP contribution < -0.4 is 0 Å². The monoisotopic (exact) mass is 423 g/mol. The van der Waals surface area contributed by atoms with Crippen molar-refractivity contribution < 1.29 is 8.81 Å². The summed E-state index contributed by atoms with van der Waals surface area (Å²) in [6, 6.07) is 16.3. The average Bonchev–Trinajstić information content (AvgIpc) is 3.37. The Labute approximate surface area is 178 Å². The molecule has 2 aromatic carbocycles. The summed E-state index contributed by atoms with van der Waals surface area (Å²) in [5.74, 6) is 1.53. The first-order valence-corrected chi connectivity index (χ1v) is 10.6. The van der Waals surface area contributed by atoms with Gasteiger partial charge in [0.25, 0.3) is 0 Å². The lowest BCUT2D eigenvalue weighted by Crippen LogP contribution is -2.09. The molecule has 0 radical (unpaired) electrons. The van der Waals surface area contributed by atoms with Gasteiger partial charge in [-0.25, -0.2) is 4.39 Å². The number of aromatic nitrogens is 5. The smallest absolute Gasteiger partial charge is 0.247 e. The molecule has 2 aromatic heterocycles. The van der Waals surface area contributed by atoms with Crippen molar-refractivity contribution >= 4 is 11.8 Å². The standard InChI is InChI=1S/C22H22FN5OS/c1-14(2)13-28-19(17-11-7-8-12-18(17)23)24-27-22(28)30-15(3)20-25-26-21(29-20)16-9-5-4-6-10-16/h4-12,14-15H,13H2,1-3H3/t15-/m0/s1. The lowest BCUT2D eigenvalue weighted by molar-refractivity contribution is 0.492. The third-order valence-corrected chi connectivity index (χ3v) is 5.54. The molecular weight excluding hydrogens is 401 g/mol. The Morgan fingerprint density at radius 1 is 0.933 bits per heavy atom. The number of hydrogen-bond donors (Lipinski definition) is 0. The summed E-state index contributed by atoms with van der Waals surface area (Å²) in [6.45, 7) is 6.86. The summed E-state index contributed by atoms with van der Waals surface area (Å²) in [7, 11) is 0. The second-order valence-electron chi connectivity index (χ2n) is 7.36. The molecule has 0 unspecified atom stereocenters. The zero-order valence-electron chi connectivity index (χ0n) is 17.0. The fourth-order valence-electron chi connectivity index (χ4n) is 3.05. The first kappa shape index (κ1) is 20.3. The van der Waals surface area contributed by atoms with Crippen molar-refractivity contribution in [2.45, 2.75) is 37.7 Å². The molecule has 0 bridgehead atoms. The van der Waals surface area contributed by atoms with E-state index in [2.05, 4.69) is 34.2 Å². The first-order valence-electron chi connectivity index (χ1n) is 9.76. The quantitative estimate of drug-likeness (QED) is 0.358. The maximum absolute atomic E-state index is 14.4. The molecule has 2 heterocycles. The Morgan fingerprint density at radius 3 is 2.40 bits per heavy atom. The van der Waals surface area contributed by atoms with Crippen LogP contribution in [0.2, 0.25) is 0 Å². The van der Waals surface area contributed by atoms with E-state index in [9.17, 15) is 4.39 Å². The zero-order chi connectivity index (χ0) is 21.1. The van der Waals surface area contributed by atoms with Gasteiger partial charge in [0.2, 0.25) is 11.8 Å². The van der Waals surface area contributed by atoms with Crippen LogP contribution in [0.1, 0.15) is 31.9 Å². The van der Waals surface area contributed by atoms with E-state index in [1.807, 2.05) is 41.8 Å². The fourth-order valence-corrected chi connectivity index (χ4v) is 3.94. The highest BCUT2D eigenvalue weighted by molar-refractivity contribution is 7.99. The molecule has 0 spiro atoms. The van der Waals surface area contributed by atoms with Gasteiger partial charge in [0.05, 0.1) is 10.8 Å². The number of rotatable bonds is 7. The molecule has 154 valence electrons. The lowest BCUT2D eigenvalue weighted by atomic mass is 10.2. The Bertz CT molecular complexity index is 1130. The van der Waals surface area contributed by atoms with Crippen LogP contribution in [-0.2, 0) is 6.54 Å².